The van der Waals surface area contributed by atoms with Crippen LogP contribution in [0.15, 0.2) is 0 Å². The SMILES string of the molecule is COCCN(C(=O)[C@H](N)CCSC)C1CCS(=O)(=O)C1. The second-order valence-corrected chi connectivity index (χ2v) is 8.18. The summed E-state index contributed by atoms with van der Waals surface area (Å²) >= 11 is 1.64. The van der Waals surface area contributed by atoms with Crippen molar-refractivity contribution >= 4 is 27.5 Å². The Balaban J connectivity index is 2.70. The fourth-order valence-electron chi connectivity index (χ4n) is 2.26. The number of amides is 1. The normalized spacial score (nSPS) is 22.6. The maximum atomic E-state index is 12.4. The minimum absolute atomic E-state index is 0.0394. The zero-order chi connectivity index (χ0) is 15.2. The van der Waals surface area contributed by atoms with Crippen LogP contribution in [0.1, 0.15) is 12.8 Å². The van der Waals surface area contributed by atoms with Crippen LogP contribution < -0.4 is 5.73 Å². The number of rotatable bonds is 8. The number of methoxy groups -OCH3 is 1. The molecule has 118 valence electrons. The standard InChI is InChI=1S/C12H24N2O4S2/c1-18-6-5-14(10-4-8-20(16,17)9-10)12(15)11(13)3-7-19-2/h10-11H,3-9,13H2,1-2H3/t10?,11-/m1/s1. The van der Waals surface area contributed by atoms with Crippen molar-refractivity contribution in [2.75, 3.05) is 43.8 Å². The number of carbonyl (C=O) groups excluding carboxylic acids is 1. The van der Waals surface area contributed by atoms with Crippen molar-refractivity contribution in [3.05, 3.63) is 0 Å². The van der Waals surface area contributed by atoms with Crippen molar-refractivity contribution in [2.45, 2.75) is 24.9 Å². The van der Waals surface area contributed by atoms with Crippen LogP contribution in [0.3, 0.4) is 0 Å². The fourth-order valence-corrected chi connectivity index (χ4v) is 4.49. The fraction of sp³-hybridized carbons (Fsp3) is 0.917. The summed E-state index contributed by atoms with van der Waals surface area (Å²) in [5.41, 5.74) is 5.92. The highest BCUT2D eigenvalue weighted by Crippen LogP contribution is 2.19. The third kappa shape index (κ3) is 5.23. The molecule has 1 aliphatic rings. The topological polar surface area (TPSA) is 89.7 Å². The summed E-state index contributed by atoms with van der Waals surface area (Å²) in [6, 6.07) is -0.828. The van der Waals surface area contributed by atoms with Crippen LogP contribution in [0.2, 0.25) is 0 Å². The maximum Gasteiger partial charge on any atom is 0.239 e. The van der Waals surface area contributed by atoms with E-state index in [9.17, 15) is 13.2 Å². The van der Waals surface area contributed by atoms with Gasteiger partial charge in [-0.2, -0.15) is 11.8 Å². The first-order chi connectivity index (χ1) is 9.41. The van der Waals surface area contributed by atoms with E-state index in [0.717, 1.165) is 5.75 Å². The average molecular weight is 324 g/mol. The van der Waals surface area contributed by atoms with Gasteiger partial charge in [0.25, 0.3) is 0 Å². The molecule has 1 saturated heterocycles. The van der Waals surface area contributed by atoms with Crippen molar-refractivity contribution in [3.8, 4) is 0 Å². The smallest absolute Gasteiger partial charge is 0.239 e. The Labute approximate surface area is 125 Å². The van der Waals surface area contributed by atoms with Gasteiger partial charge in [-0.25, -0.2) is 8.42 Å². The molecule has 0 aliphatic carbocycles. The molecule has 0 aromatic rings. The number of sulfone groups is 1. The van der Waals surface area contributed by atoms with Crippen LogP contribution in [0, 0.1) is 0 Å². The summed E-state index contributed by atoms with van der Waals surface area (Å²) in [7, 11) is -1.46. The summed E-state index contributed by atoms with van der Waals surface area (Å²) in [5.74, 6) is 0.832. The lowest BCUT2D eigenvalue weighted by Crippen LogP contribution is -2.50. The van der Waals surface area contributed by atoms with E-state index in [2.05, 4.69) is 0 Å². The van der Waals surface area contributed by atoms with E-state index in [1.165, 1.54) is 0 Å². The van der Waals surface area contributed by atoms with Gasteiger partial charge in [-0.05, 0) is 24.9 Å². The third-order valence-electron chi connectivity index (χ3n) is 3.42. The predicted molar refractivity (Wildman–Crippen MR) is 81.6 cm³/mol. The second kappa shape index (κ2) is 8.21. The molecule has 0 saturated carbocycles. The summed E-state index contributed by atoms with van der Waals surface area (Å²) in [5, 5.41) is 0. The largest absolute Gasteiger partial charge is 0.383 e. The van der Waals surface area contributed by atoms with Crippen molar-refractivity contribution in [3.63, 3.8) is 0 Å². The van der Waals surface area contributed by atoms with Crippen LogP contribution in [0.4, 0.5) is 0 Å². The number of nitrogens with two attached hydrogens (primary N) is 1. The van der Waals surface area contributed by atoms with Crippen LogP contribution in [-0.2, 0) is 19.4 Å². The Morgan fingerprint density at radius 1 is 1.55 bits per heavy atom. The van der Waals surface area contributed by atoms with Gasteiger partial charge in [0.1, 0.15) is 0 Å². The molecule has 0 aromatic carbocycles. The summed E-state index contributed by atoms with van der Waals surface area (Å²) < 4.78 is 28.2. The van der Waals surface area contributed by atoms with E-state index < -0.39 is 15.9 Å². The highest BCUT2D eigenvalue weighted by Gasteiger charge is 2.35. The average Bonchev–Trinajstić information content (AvgIpc) is 2.76. The number of hydrogen-bond donors (Lipinski definition) is 1. The van der Waals surface area contributed by atoms with Crippen molar-refractivity contribution in [1.82, 2.24) is 4.90 Å². The Kier molecular flexibility index (Phi) is 7.28. The van der Waals surface area contributed by atoms with Crippen LogP contribution in [0.25, 0.3) is 0 Å². The molecular weight excluding hydrogens is 300 g/mol. The second-order valence-electron chi connectivity index (χ2n) is 4.97. The lowest BCUT2D eigenvalue weighted by Gasteiger charge is -2.30. The molecule has 1 fully saturated rings. The molecule has 1 aliphatic heterocycles. The van der Waals surface area contributed by atoms with Crippen LogP contribution in [0.5, 0.6) is 0 Å². The Hall–Kier alpha value is -0.310. The van der Waals surface area contributed by atoms with E-state index in [1.54, 1.807) is 23.8 Å². The Bertz CT molecular complexity index is 414. The molecule has 0 bridgehead atoms. The summed E-state index contributed by atoms with van der Waals surface area (Å²) in [4.78, 5) is 14.0. The van der Waals surface area contributed by atoms with E-state index >= 15 is 0 Å². The summed E-state index contributed by atoms with van der Waals surface area (Å²) in [6.07, 6.45) is 3.05. The van der Waals surface area contributed by atoms with Crippen molar-refractivity contribution < 1.29 is 17.9 Å². The minimum Gasteiger partial charge on any atom is -0.383 e. The van der Waals surface area contributed by atoms with E-state index in [0.29, 0.717) is 26.0 Å². The van der Waals surface area contributed by atoms with Gasteiger partial charge in [0.2, 0.25) is 5.91 Å². The van der Waals surface area contributed by atoms with Gasteiger partial charge in [-0.3, -0.25) is 4.79 Å². The molecular formula is C12H24N2O4S2. The van der Waals surface area contributed by atoms with Gasteiger partial charge in [0.15, 0.2) is 9.84 Å². The minimum atomic E-state index is -3.02. The van der Waals surface area contributed by atoms with Crippen LogP contribution >= 0.6 is 11.8 Å². The van der Waals surface area contributed by atoms with Gasteiger partial charge >= 0.3 is 0 Å². The van der Waals surface area contributed by atoms with Crippen molar-refractivity contribution in [2.24, 2.45) is 5.73 Å². The van der Waals surface area contributed by atoms with Crippen LogP contribution in [-0.4, -0.2) is 75.1 Å². The quantitative estimate of drug-likeness (QED) is 0.661. The van der Waals surface area contributed by atoms with E-state index in [-0.39, 0.29) is 23.5 Å². The number of thioether (sulfide) groups is 1. The first-order valence-electron chi connectivity index (χ1n) is 6.65. The van der Waals surface area contributed by atoms with E-state index in [4.69, 9.17) is 10.5 Å². The molecule has 1 heterocycles. The van der Waals surface area contributed by atoms with Gasteiger partial charge in [0.05, 0.1) is 24.2 Å². The Morgan fingerprint density at radius 3 is 2.75 bits per heavy atom. The molecule has 1 amide bonds. The zero-order valence-corrected chi connectivity index (χ0v) is 13.7. The highest BCUT2D eigenvalue weighted by atomic mass is 32.2. The monoisotopic (exact) mass is 324 g/mol. The zero-order valence-electron chi connectivity index (χ0n) is 12.1. The first-order valence-corrected chi connectivity index (χ1v) is 9.87. The number of hydrogen-bond acceptors (Lipinski definition) is 6. The number of carbonyl (C=O) groups is 1. The first kappa shape index (κ1) is 17.7. The lowest BCUT2D eigenvalue weighted by molar-refractivity contribution is -0.135. The molecule has 0 spiro atoms. The highest BCUT2D eigenvalue weighted by molar-refractivity contribution is 7.98. The molecule has 20 heavy (non-hydrogen) atoms. The molecule has 0 radical (unpaired) electrons. The molecule has 0 aromatic heterocycles. The molecule has 1 unspecified atom stereocenters. The number of ether oxygens (including phenoxy) is 1. The molecule has 8 heteroatoms. The predicted octanol–water partition coefficient (Wildman–Crippen LogP) is -0.271. The summed E-state index contributed by atoms with van der Waals surface area (Å²) in [6.45, 7) is 0.778. The Morgan fingerprint density at radius 2 is 2.25 bits per heavy atom. The van der Waals surface area contributed by atoms with Crippen molar-refractivity contribution in [1.29, 1.82) is 0 Å². The molecule has 2 N–H and O–H groups in total. The lowest BCUT2D eigenvalue weighted by atomic mass is 10.1. The maximum absolute atomic E-state index is 12.4. The van der Waals surface area contributed by atoms with Gasteiger partial charge in [-0.1, -0.05) is 0 Å². The van der Waals surface area contributed by atoms with E-state index in [1.807, 2.05) is 6.26 Å². The van der Waals surface area contributed by atoms with Gasteiger partial charge in [-0.15, -0.1) is 0 Å². The third-order valence-corrected chi connectivity index (χ3v) is 5.81. The van der Waals surface area contributed by atoms with Gasteiger partial charge < -0.3 is 15.4 Å². The molecule has 1 rings (SSSR count). The number of nitrogens with zero attached hydrogens (tertiary/aromatic N) is 1. The van der Waals surface area contributed by atoms with Gasteiger partial charge in [0, 0.05) is 19.7 Å². The molecule has 2 atom stereocenters. The molecule has 6 nitrogen and oxygen atoms in total.